The maximum absolute atomic E-state index is 13.0. The molecule has 106 valence electrons. The lowest BCUT2D eigenvalue weighted by Crippen LogP contribution is -2.32. The molecule has 0 amide bonds. The van der Waals surface area contributed by atoms with Gasteiger partial charge in [0, 0.05) is 18.2 Å². The Hall–Kier alpha value is -1.37. The van der Waals surface area contributed by atoms with Crippen molar-refractivity contribution < 1.29 is 13.2 Å². The van der Waals surface area contributed by atoms with Crippen molar-refractivity contribution in [2.75, 3.05) is 19.8 Å². The van der Waals surface area contributed by atoms with Gasteiger partial charge in [-0.25, -0.2) is 9.97 Å². The van der Waals surface area contributed by atoms with E-state index in [-0.39, 0.29) is 23.6 Å². The normalized spacial score (nSPS) is 24.1. The molecule has 0 bridgehead atoms. The zero-order chi connectivity index (χ0) is 14.2. The molecule has 1 aromatic heterocycles. The first-order valence-corrected chi connectivity index (χ1v) is 6.16. The number of alkyl halides is 3. The first-order chi connectivity index (χ1) is 8.80. The minimum Gasteiger partial charge on any atom is -0.368 e. The summed E-state index contributed by atoms with van der Waals surface area (Å²) in [6, 6.07) is 0.0652. The van der Waals surface area contributed by atoms with E-state index in [0.29, 0.717) is 6.42 Å². The van der Waals surface area contributed by atoms with Crippen LogP contribution in [-0.4, -0.2) is 35.0 Å². The van der Waals surface area contributed by atoms with Crippen LogP contribution >= 0.6 is 0 Å². The van der Waals surface area contributed by atoms with E-state index in [9.17, 15) is 13.2 Å². The molecule has 0 unspecified atom stereocenters. The highest BCUT2D eigenvalue weighted by molar-refractivity contribution is 5.31. The fraction of sp³-hybridized carbons (Fsp3) is 0.667. The molecule has 1 fully saturated rings. The molecule has 1 saturated carbocycles. The SMILES string of the molecule is CN(C)[C@@H]1CCC[C@H]1c1nc(N)ncc1C(F)(F)F. The first-order valence-electron chi connectivity index (χ1n) is 6.16. The minimum atomic E-state index is -4.44. The number of aromatic nitrogens is 2. The Labute approximate surface area is 109 Å². The van der Waals surface area contributed by atoms with Crippen LogP contribution in [0.25, 0.3) is 0 Å². The summed E-state index contributed by atoms with van der Waals surface area (Å²) >= 11 is 0. The summed E-state index contributed by atoms with van der Waals surface area (Å²) in [4.78, 5) is 9.31. The van der Waals surface area contributed by atoms with Crippen molar-refractivity contribution in [3.63, 3.8) is 0 Å². The van der Waals surface area contributed by atoms with Gasteiger partial charge in [-0.15, -0.1) is 0 Å². The van der Waals surface area contributed by atoms with Crippen LogP contribution < -0.4 is 5.73 Å². The van der Waals surface area contributed by atoms with E-state index in [1.807, 2.05) is 19.0 Å². The topological polar surface area (TPSA) is 55.0 Å². The highest BCUT2D eigenvalue weighted by Crippen LogP contribution is 2.41. The van der Waals surface area contributed by atoms with E-state index < -0.39 is 11.7 Å². The average Bonchev–Trinajstić information content (AvgIpc) is 2.75. The predicted molar refractivity (Wildman–Crippen MR) is 65.5 cm³/mol. The molecule has 0 aromatic carbocycles. The van der Waals surface area contributed by atoms with Crippen LogP contribution in [0.1, 0.15) is 36.4 Å². The lowest BCUT2D eigenvalue weighted by molar-refractivity contribution is -0.139. The van der Waals surface area contributed by atoms with Gasteiger partial charge >= 0.3 is 6.18 Å². The minimum absolute atomic E-state index is 0.0381. The maximum atomic E-state index is 13.0. The summed E-state index contributed by atoms with van der Waals surface area (Å²) in [5.41, 5.74) is 4.73. The second-order valence-corrected chi connectivity index (χ2v) is 5.09. The first kappa shape index (κ1) is 14.0. The van der Waals surface area contributed by atoms with Crippen LogP contribution in [0.3, 0.4) is 0 Å². The lowest BCUT2D eigenvalue weighted by Gasteiger charge is -2.27. The van der Waals surface area contributed by atoms with Gasteiger partial charge in [0.25, 0.3) is 0 Å². The summed E-state index contributed by atoms with van der Waals surface area (Å²) in [5.74, 6) is -0.343. The summed E-state index contributed by atoms with van der Waals surface area (Å²) in [7, 11) is 3.75. The van der Waals surface area contributed by atoms with E-state index >= 15 is 0 Å². The third kappa shape index (κ3) is 2.80. The third-order valence-corrected chi connectivity index (χ3v) is 3.64. The monoisotopic (exact) mass is 274 g/mol. The van der Waals surface area contributed by atoms with Crippen molar-refractivity contribution in [1.82, 2.24) is 14.9 Å². The molecule has 4 nitrogen and oxygen atoms in total. The van der Waals surface area contributed by atoms with Crippen LogP contribution in [0.5, 0.6) is 0 Å². The van der Waals surface area contributed by atoms with Gasteiger partial charge in [-0.2, -0.15) is 13.2 Å². The molecule has 1 aliphatic carbocycles. The number of likely N-dealkylation sites (N-methyl/N-ethyl adjacent to an activating group) is 1. The van der Waals surface area contributed by atoms with Crippen molar-refractivity contribution in [3.05, 3.63) is 17.5 Å². The van der Waals surface area contributed by atoms with E-state index in [1.165, 1.54) is 0 Å². The summed E-state index contributed by atoms with van der Waals surface area (Å²) in [6.07, 6.45) is -1.18. The summed E-state index contributed by atoms with van der Waals surface area (Å²) in [5, 5.41) is 0. The van der Waals surface area contributed by atoms with Crippen molar-refractivity contribution in [3.8, 4) is 0 Å². The average molecular weight is 274 g/mol. The van der Waals surface area contributed by atoms with Gasteiger partial charge in [0.05, 0.1) is 11.3 Å². The van der Waals surface area contributed by atoms with Crippen molar-refractivity contribution in [1.29, 1.82) is 0 Å². The molecule has 2 rings (SSSR count). The quantitative estimate of drug-likeness (QED) is 0.899. The molecular weight excluding hydrogens is 257 g/mol. The molecule has 19 heavy (non-hydrogen) atoms. The van der Waals surface area contributed by atoms with E-state index in [4.69, 9.17) is 5.73 Å². The molecule has 1 heterocycles. The van der Waals surface area contributed by atoms with E-state index in [2.05, 4.69) is 9.97 Å². The molecule has 1 aliphatic rings. The number of nitrogens with zero attached hydrogens (tertiary/aromatic N) is 3. The molecule has 0 aliphatic heterocycles. The number of nitrogens with two attached hydrogens (primary N) is 1. The highest BCUT2D eigenvalue weighted by Gasteiger charge is 2.40. The van der Waals surface area contributed by atoms with Gasteiger partial charge in [-0.05, 0) is 26.9 Å². The maximum Gasteiger partial charge on any atom is 0.419 e. The van der Waals surface area contributed by atoms with Crippen LogP contribution in [0.15, 0.2) is 6.20 Å². The van der Waals surface area contributed by atoms with Crippen LogP contribution in [0, 0.1) is 0 Å². The molecule has 7 heteroatoms. The van der Waals surface area contributed by atoms with Crippen molar-refractivity contribution in [2.45, 2.75) is 37.4 Å². The lowest BCUT2D eigenvalue weighted by atomic mass is 9.95. The van der Waals surface area contributed by atoms with Gasteiger partial charge in [-0.1, -0.05) is 6.42 Å². The van der Waals surface area contributed by atoms with E-state index in [0.717, 1.165) is 19.0 Å². The van der Waals surface area contributed by atoms with Gasteiger partial charge < -0.3 is 10.6 Å². The van der Waals surface area contributed by atoms with Gasteiger partial charge in [-0.3, -0.25) is 0 Å². The molecule has 2 N–H and O–H groups in total. The van der Waals surface area contributed by atoms with Crippen LogP contribution in [0.2, 0.25) is 0 Å². The van der Waals surface area contributed by atoms with Gasteiger partial charge in [0.15, 0.2) is 0 Å². The summed E-state index contributed by atoms with van der Waals surface area (Å²) < 4.78 is 39.1. The largest absolute Gasteiger partial charge is 0.419 e. The molecule has 0 saturated heterocycles. The molecular formula is C12H17F3N4. The van der Waals surface area contributed by atoms with Gasteiger partial charge in [0.1, 0.15) is 0 Å². The number of hydrogen-bond acceptors (Lipinski definition) is 4. The molecule has 0 radical (unpaired) electrons. The Kier molecular flexibility index (Phi) is 3.66. The van der Waals surface area contributed by atoms with Crippen molar-refractivity contribution >= 4 is 5.95 Å². The molecule has 2 atom stereocenters. The molecule has 1 aromatic rings. The second kappa shape index (κ2) is 4.96. The highest BCUT2D eigenvalue weighted by atomic mass is 19.4. The number of rotatable bonds is 2. The number of halogens is 3. The molecule has 0 spiro atoms. The Balaban J connectivity index is 2.46. The summed E-state index contributed by atoms with van der Waals surface area (Å²) in [6.45, 7) is 0. The van der Waals surface area contributed by atoms with Crippen LogP contribution in [-0.2, 0) is 6.18 Å². The Morgan fingerprint density at radius 3 is 2.58 bits per heavy atom. The standard InChI is InChI=1S/C12H17F3N4/c1-19(2)9-5-3-4-7(9)10-8(12(13,14)15)6-17-11(16)18-10/h6-7,9H,3-5H2,1-2H3,(H2,16,17,18)/t7-,9-/m1/s1. The fourth-order valence-corrected chi connectivity index (χ4v) is 2.79. The third-order valence-electron chi connectivity index (χ3n) is 3.64. The smallest absolute Gasteiger partial charge is 0.368 e. The Morgan fingerprint density at radius 2 is 2.00 bits per heavy atom. The second-order valence-electron chi connectivity index (χ2n) is 5.09. The number of anilines is 1. The predicted octanol–water partition coefficient (Wildman–Crippen LogP) is 2.28. The number of nitrogen functional groups attached to an aromatic ring is 1. The zero-order valence-electron chi connectivity index (χ0n) is 10.9. The Bertz CT molecular complexity index is 459. The number of hydrogen-bond donors (Lipinski definition) is 1. The Morgan fingerprint density at radius 1 is 1.32 bits per heavy atom. The van der Waals surface area contributed by atoms with Crippen molar-refractivity contribution in [2.24, 2.45) is 0 Å². The fourth-order valence-electron chi connectivity index (χ4n) is 2.79. The van der Waals surface area contributed by atoms with Gasteiger partial charge in [0.2, 0.25) is 5.95 Å². The zero-order valence-corrected chi connectivity index (χ0v) is 10.9. The van der Waals surface area contributed by atoms with E-state index in [1.54, 1.807) is 0 Å². The van der Waals surface area contributed by atoms with Crippen LogP contribution in [0.4, 0.5) is 19.1 Å².